The first-order valence-electron chi connectivity index (χ1n) is 15.1. The molecule has 7 nitrogen and oxygen atoms in total. The topological polar surface area (TPSA) is 80.5 Å². The first-order valence-corrected chi connectivity index (χ1v) is 16.0. The lowest BCUT2D eigenvalue weighted by molar-refractivity contribution is 0.195. The number of nitrogens with zero attached hydrogens (tertiary/aromatic N) is 3. The van der Waals surface area contributed by atoms with Crippen LogP contribution in [0.25, 0.3) is 0 Å². The van der Waals surface area contributed by atoms with Crippen molar-refractivity contribution in [1.29, 1.82) is 0 Å². The molecule has 8 heteroatoms. The molecule has 0 fully saturated rings. The molecule has 2 aromatic heterocycles. The van der Waals surface area contributed by atoms with Gasteiger partial charge in [0.25, 0.3) is 0 Å². The number of aryl methyl sites for hydroxylation is 1. The predicted molar refractivity (Wildman–Crippen MR) is 182 cm³/mol. The smallest absolute Gasteiger partial charge is 0.327 e. The van der Waals surface area contributed by atoms with Gasteiger partial charge in [0.2, 0.25) is 0 Å². The Kier molecular flexibility index (Phi) is 13.3. The van der Waals surface area contributed by atoms with E-state index < -0.39 is 0 Å². The summed E-state index contributed by atoms with van der Waals surface area (Å²) in [7, 11) is 0. The number of aromatic nitrogens is 2. The molecule has 0 spiro atoms. The summed E-state index contributed by atoms with van der Waals surface area (Å²) in [5.41, 5.74) is 5.55. The Labute approximate surface area is 271 Å². The Bertz CT molecular complexity index is 1350. The number of halogens is 1. The van der Waals surface area contributed by atoms with Crippen molar-refractivity contribution in [3.63, 3.8) is 0 Å². The number of carbonyl (C=O) groups excluding carboxylic acids is 1. The molecule has 1 N–H and O–H groups in total. The number of carbonyl (C=O) groups is 1. The molecule has 1 aliphatic rings. The standard InChI is InChI=1S/C35H47IN4O3/c1-8-30(42-19-17-28-13-11-18-37-22-28)16-15-29(35(6,7)9-2)21-33(31-14-10-12-25(3)20-26(31)4)40(36)34(41)38-23-32-27(5)43-24-39-32/h8,10-13,15-16,18,20,22,24,29,33H,9,14,17,19,21,23H2,1-7H3,(H,38,41)/b16-15+,30-8-/t29-,33?/m1/s1. The van der Waals surface area contributed by atoms with Gasteiger partial charge in [-0.05, 0) is 86.8 Å². The highest BCUT2D eigenvalue weighted by atomic mass is 127. The number of urea groups is 1. The molecule has 2 amide bonds. The molecular formula is C35H47IN4O3. The molecule has 1 unspecified atom stereocenters. The lowest BCUT2D eigenvalue weighted by atomic mass is 9.72. The van der Waals surface area contributed by atoms with Crippen LogP contribution in [0.1, 0.15) is 77.8 Å². The number of hydrogen-bond donors (Lipinski definition) is 1. The fourth-order valence-corrected chi connectivity index (χ4v) is 5.83. The zero-order valence-electron chi connectivity index (χ0n) is 26.7. The molecule has 0 aliphatic heterocycles. The van der Waals surface area contributed by atoms with E-state index in [0.717, 1.165) is 42.7 Å². The molecule has 43 heavy (non-hydrogen) atoms. The van der Waals surface area contributed by atoms with Crippen molar-refractivity contribution < 1.29 is 13.9 Å². The van der Waals surface area contributed by atoms with Crippen LogP contribution in [0.2, 0.25) is 0 Å². The van der Waals surface area contributed by atoms with Crippen molar-refractivity contribution in [1.82, 2.24) is 18.4 Å². The maximum absolute atomic E-state index is 13.6. The van der Waals surface area contributed by atoms with Crippen LogP contribution < -0.4 is 5.32 Å². The average Bonchev–Trinajstić information content (AvgIpc) is 3.33. The first-order chi connectivity index (χ1) is 20.6. The van der Waals surface area contributed by atoms with Crippen LogP contribution in [0.3, 0.4) is 0 Å². The fraction of sp³-hybridized carbons (Fsp3) is 0.457. The van der Waals surface area contributed by atoms with Gasteiger partial charge in [0, 0.05) is 18.8 Å². The lowest BCUT2D eigenvalue weighted by Gasteiger charge is -2.37. The van der Waals surface area contributed by atoms with Crippen LogP contribution in [0.4, 0.5) is 4.79 Å². The van der Waals surface area contributed by atoms with Crippen molar-refractivity contribution >= 4 is 28.9 Å². The summed E-state index contributed by atoms with van der Waals surface area (Å²) in [6, 6.07) is 3.75. The SMILES string of the molecule is C/C=C(/C=C/[C@H](CC(C1=C(C)C=C(C)C=CC1)N(I)C(=O)NCc1ncoc1C)C(C)(C)CC)OCCc1cccnc1. The minimum absolute atomic E-state index is 0.00409. The third-order valence-corrected chi connectivity index (χ3v) is 9.45. The average molecular weight is 699 g/mol. The van der Waals surface area contributed by atoms with E-state index in [1.807, 2.05) is 35.3 Å². The minimum Gasteiger partial charge on any atom is -0.494 e. The normalized spacial score (nSPS) is 15.7. The number of amides is 2. The molecular weight excluding hydrogens is 651 g/mol. The number of allylic oxidation sites excluding steroid dienone is 8. The molecule has 1 aliphatic carbocycles. The van der Waals surface area contributed by atoms with Gasteiger partial charge in [-0.25, -0.2) is 9.78 Å². The maximum atomic E-state index is 13.6. The van der Waals surface area contributed by atoms with Crippen LogP contribution in [0, 0.1) is 18.3 Å². The van der Waals surface area contributed by atoms with E-state index >= 15 is 0 Å². The van der Waals surface area contributed by atoms with Gasteiger partial charge in [-0.15, -0.1) is 0 Å². The minimum atomic E-state index is -0.146. The van der Waals surface area contributed by atoms with Crippen molar-refractivity contribution in [3.8, 4) is 0 Å². The second kappa shape index (κ2) is 16.6. The molecule has 2 atom stereocenters. The summed E-state index contributed by atoms with van der Waals surface area (Å²) >= 11 is 2.19. The van der Waals surface area contributed by atoms with Crippen LogP contribution in [0.5, 0.6) is 0 Å². The van der Waals surface area contributed by atoms with Gasteiger partial charge in [0.1, 0.15) is 17.2 Å². The van der Waals surface area contributed by atoms with E-state index in [0.29, 0.717) is 18.9 Å². The summed E-state index contributed by atoms with van der Waals surface area (Å²) in [6.45, 7) is 15.9. The fourth-order valence-electron chi connectivity index (χ4n) is 5.09. The quantitative estimate of drug-likeness (QED) is 0.0923. The van der Waals surface area contributed by atoms with Gasteiger partial charge in [0.15, 0.2) is 6.39 Å². The van der Waals surface area contributed by atoms with E-state index in [1.165, 1.54) is 23.1 Å². The van der Waals surface area contributed by atoms with E-state index in [-0.39, 0.29) is 23.4 Å². The van der Waals surface area contributed by atoms with E-state index in [4.69, 9.17) is 9.15 Å². The van der Waals surface area contributed by atoms with Crippen molar-refractivity contribution in [2.24, 2.45) is 11.3 Å². The second-order valence-electron chi connectivity index (χ2n) is 11.7. The number of nitrogens with one attached hydrogen (secondary N) is 1. The molecule has 2 aromatic rings. The zero-order chi connectivity index (χ0) is 31.4. The zero-order valence-corrected chi connectivity index (χ0v) is 28.9. The Balaban J connectivity index is 1.85. The molecule has 0 aromatic carbocycles. The van der Waals surface area contributed by atoms with E-state index in [2.05, 4.69) is 109 Å². The monoisotopic (exact) mass is 698 g/mol. The highest BCUT2D eigenvalue weighted by molar-refractivity contribution is 14.1. The summed E-state index contributed by atoms with van der Waals surface area (Å²) in [5, 5.41) is 3.06. The van der Waals surface area contributed by atoms with Gasteiger partial charge in [-0.1, -0.05) is 63.1 Å². The number of oxazole rings is 1. The maximum Gasteiger partial charge on any atom is 0.327 e. The van der Waals surface area contributed by atoms with Gasteiger partial charge >= 0.3 is 6.03 Å². The Hall–Kier alpha value is -3.14. The largest absolute Gasteiger partial charge is 0.494 e. The van der Waals surface area contributed by atoms with Crippen LogP contribution in [-0.2, 0) is 17.7 Å². The van der Waals surface area contributed by atoms with E-state index in [9.17, 15) is 4.79 Å². The van der Waals surface area contributed by atoms with Crippen LogP contribution in [0.15, 0.2) is 94.3 Å². The van der Waals surface area contributed by atoms with Gasteiger partial charge in [-0.3, -0.25) is 8.10 Å². The summed E-state index contributed by atoms with van der Waals surface area (Å²) < 4.78 is 13.3. The Morgan fingerprint density at radius 2 is 2.09 bits per heavy atom. The number of rotatable bonds is 14. The first kappa shape index (κ1) is 34.4. The Morgan fingerprint density at radius 3 is 2.74 bits per heavy atom. The number of ether oxygens (including phenoxy) is 1. The van der Waals surface area contributed by atoms with Crippen molar-refractivity contribution in [2.45, 2.75) is 86.7 Å². The van der Waals surface area contributed by atoms with E-state index in [1.54, 1.807) is 6.20 Å². The third kappa shape index (κ3) is 10.2. The lowest BCUT2D eigenvalue weighted by Crippen LogP contribution is -2.43. The van der Waals surface area contributed by atoms with Crippen LogP contribution in [-0.4, -0.2) is 31.8 Å². The second-order valence-corrected chi connectivity index (χ2v) is 12.8. The van der Waals surface area contributed by atoms with Crippen LogP contribution >= 0.6 is 22.9 Å². The molecule has 0 radical (unpaired) electrons. The Morgan fingerprint density at radius 1 is 1.30 bits per heavy atom. The predicted octanol–water partition coefficient (Wildman–Crippen LogP) is 8.99. The molecule has 2 heterocycles. The van der Waals surface area contributed by atoms with Gasteiger partial charge in [-0.2, -0.15) is 0 Å². The molecule has 232 valence electrons. The van der Waals surface area contributed by atoms with Gasteiger partial charge in [0.05, 0.1) is 42.1 Å². The number of hydrogen-bond acceptors (Lipinski definition) is 5. The highest BCUT2D eigenvalue weighted by Crippen LogP contribution is 2.39. The third-order valence-electron chi connectivity index (χ3n) is 8.34. The molecule has 0 saturated heterocycles. The summed E-state index contributed by atoms with van der Waals surface area (Å²) in [4.78, 5) is 22.0. The van der Waals surface area contributed by atoms with Crippen molar-refractivity contribution in [3.05, 3.63) is 107 Å². The molecule has 0 bridgehead atoms. The summed E-state index contributed by atoms with van der Waals surface area (Å²) in [5.74, 6) is 1.73. The molecule has 3 rings (SSSR count). The number of pyridine rings is 1. The summed E-state index contributed by atoms with van der Waals surface area (Å²) in [6.07, 6.45) is 21.4. The van der Waals surface area contributed by atoms with Gasteiger partial charge < -0.3 is 14.5 Å². The van der Waals surface area contributed by atoms with Crippen molar-refractivity contribution in [2.75, 3.05) is 6.61 Å². The molecule has 0 saturated carbocycles. The highest BCUT2D eigenvalue weighted by Gasteiger charge is 2.34.